The van der Waals surface area contributed by atoms with Crippen LogP contribution >= 0.6 is 0 Å². The Kier molecular flexibility index (Phi) is 3.99. The van der Waals surface area contributed by atoms with Crippen LogP contribution in [0.5, 0.6) is 0 Å². The molecule has 0 saturated heterocycles. The van der Waals surface area contributed by atoms with Gasteiger partial charge in [-0.25, -0.2) is 0 Å². The van der Waals surface area contributed by atoms with Crippen molar-refractivity contribution in [3.63, 3.8) is 0 Å². The normalized spacial score (nSPS) is 26.4. The molecule has 0 atom stereocenters. The summed E-state index contributed by atoms with van der Waals surface area (Å²) in [6.45, 7) is 11.7. The first-order chi connectivity index (χ1) is 6.49. The minimum atomic E-state index is 0.673. The third-order valence-corrected chi connectivity index (χ3v) is 2.84. The van der Waals surface area contributed by atoms with Gasteiger partial charge in [-0.3, -0.25) is 0 Å². The molecule has 2 heteroatoms. The predicted octanol–water partition coefficient (Wildman–Crippen LogP) is 2.23. The first-order valence-corrected chi connectivity index (χ1v) is 5.61. The molecule has 0 unspecified atom stereocenters. The molecular weight excluding hydrogens is 172 g/mol. The largest absolute Gasteiger partial charge is 0.386 e. The molecule has 0 aromatic heterocycles. The number of nitrogens with one attached hydrogen (secondary N) is 1. The van der Waals surface area contributed by atoms with Crippen molar-refractivity contribution in [2.75, 3.05) is 13.6 Å². The molecule has 1 saturated carbocycles. The number of allylic oxidation sites excluding steroid dienone is 1. The minimum absolute atomic E-state index is 0.673. The molecular formula is C12H24N2. The summed E-state index contributed by atoms with van der Waals surface area (Å²) in [5, 5.41) is 3.40. The van der Waals surface area contributed by atoms with Gasteiger partial charge in [-0.1, -0.05) is 20.4 Å². The van der Waals surface area contributed by atoms with Crippen LogP contribution in [0.1, 0.15) is 33.6 Å². The van der Waals surface area contributed by atoms with E-state index >= 15 is 0 Å². The number of rotatable bonds is 5. The SMILES string of the molecule is C=C(C)N[C@H]1C[C@H](N(C)CC(C)C)C1. The van der Waals surface area contributed by atoms with Crippen LogP contribution in [-0.4, -0.2) is 30.6 Å². The molecule has 1 rings (SSSR count). The van der Waals surface area contributed by atoms with Crippen LogP contribution in [0.25, 0.3) is 0 Å². The summed E-state index contributed by atoms with van der Waals surface area (Å²) in [6, 6.07) is 1.46. The van der Waals surface area contributed by atoms with Gasteiger partial charge in [-0.15, -0.1) is 0 Å². The van der Waals surface area contributed by atoms with E-state index in [2.05, 4.69) is 37.7 Å². The number of hydrogen-bond donors (Lipinski definition) is 1. The summed E-state index contributed by atoms with van der Waals surface area (Å²) in [5.74, 6) is 0.771. The lowest BCUT2D eigenvalue weighted by atomic mass is 9.85. The lowest BCUT2D eigenvalue weighted by Crippen LogP contribution is -2.51. The maximum Gasteiger partial charge on any atom is 0.0287 e. The van der Waals surface area contributed by atoms with Crippen molar-refractivity contribution in [3.8, 4) is 0 Å². The van der Waals surface area contributed by atoms with E-state index in [1.807, 2.05) is 6.92 Å². The second kappa shape index (κ2) is 4.83. The van der Waals surface area contributed by atoms with Gasteiger partial charge < -0.3 is 10.2 Å². The van der Waals surface area contributed by atoms with Crippen LogP contribution in [0, 0.1) is 5.92 Å². The highest BCUT2D eigenvalue weighted by Crippen LogP contribution is 2.25. The summed E-state index contributed by atoms with van der Waals surface area (Å²) in [5.41, 5.74) is 1.10. The van der Waals surface area contributed by atoms with Gasteiger partial charge >= 0.3 is 0 Å². The van der Waals surface area contributed by atoms with Gasteiger partial charge in [-0.2, -0.15) is 0 Å². The van der Waals surface area contributed by atoms with Crippen LogP contribution in [0.2, 0.25) is 0 Å². The van der Waals surface area contributed by atoms with E-state index in [9.17, 15) is 0 Å². The van der Waals surface area contributed by atoms with Crippen molar-refractivity contribution in [2.24, 2.45) is 5.92 Å². The molecule has 0 spiro atoms. The molecule has 0 aromatic carbocycles. The Morgan fingerprint density at radius 2 is 2.07 bits per heavy atom. The van der Waals surface area contributed by atoms with Crippen LogP contribution in [0.4, 0.5) is 0 Å². The number of nitrogens with zero attached hydrogens (tertiary/aromatic N) is 1. The molecule has 1 fully saturated rings. The van der Waals surface area contributed by atoms with Crippen molar-refractivity contribution in [1.82, 2.24) is 10.2 Å². The van der Waals surface area contributed by atoms with Crippen LogP contribution in [-0.2, 0) is 0 Å². The van der Waals surface area contributed by atoms with E-state index in [0.717, 1.165) is 17.7 Å². The average Bonchev–Trinajstić information content (AvgIpc) is 1.93. The van der Waals surface area contributed by atoms with E-state index in [0.29, 0.717) is 6.04 Å². The van der Waals surface area contributed by atoms with Crippen LogP contribution in [0.3, 0.4) is 0 Å². The van der Waals surface area contributed by atoms with Gasteiger partial charge in [0.2, 0.25) is 0 Å². The lowest BCUT2D eigenvalue weighted by Gasteiger charge is -2.42. The van der Waals surface area contributed by atoms with Gasteiger partial charge in [0.05, 0.1) is 0 Å². The van der Waals surface area contributed by atoms with Crippen molar-refractivity contribution in [3.05, 3.63) is 12.3 Å². The maximum absolute atomic E-state index is 3.87. The highest BCUT2D eigenvalue weighted by molar-refractivity contribution is 4.97. The van der Waals surface area contributed by atoms with Crippen molar-refractivity contribution in [1.29, 1.82) is 0 Å². The fourth-order valence-electron chi connectivity index (χ4n) is 2.14. The third kappa shape index (κ3) is 3.33. The van der Waals surface area contributed by atoms with Crippen LogP contribution in [0.15, 0.2) is 12.3 Å². The molecule has 0 aliphatic heterocycles. The molecule has 1 aliphatic carbocycles. The number of hydrogen-bond acceptors (Lipinski definition) is 2. The Bertz CT molecular complexity index is 192. The minimum Gasteiger partial charge on any atom is -0.386 e. The van der Waals surface area contributed by atoms with Gasteiger partial charge in [-0.05, 0) is 32.7 Å². The second-order valence-electron chi connectivity index (χ2n) is 5.08. The lowest BCUT2D eigenvalue weighted by molar-refractivity contribution is 0.115. The monoisotopic (exact) mass is 196 g/mol. The van der Waals surface area contributed by atoms with Gasteiger partial charge in [0, 0.05) is 24.3 Å². The highest BCUT2D eigenvalue weighted by Gasteiger charge is 2.31. The Labute approximate surface area is 88.4 Å². The maximum atomic E-state index is 3.87. The summed E-state index contributed by atoms with van der Waals surface area (Å²) in [7, 11) is 2.24. The van der Waals surface area contributed by atoms with Crippen molar-refractivity contribution < 1.29 is 0 Å². The van der Waals surface area contributed by atoms with Crippen molar-refractivity contribution in [2.45, 2.75) is 45.7 Å². The molecule has 14 heavy (non-hydrogen) atoms. The van der Waals surface area contributed by atoms with E-state index in [1.165, 1.54) is 19.4 Å². The highest BCUT2D eigenvalue weighted by atomic mass is 15.2. The molecule has 0 bridgehead atoms. The van der Waals surface area contributed by atoms with E-state index in [4.69, 9.17) is 0 Å². The quantitative estimate of drug-likeness (QED) is 0.725. The van der Waals surface area contributed by atoms with Gasteiger partial charge in [0.1, 0.15) is 0 Å². The molecule has 0 heterocycles. The Hall–Kier alpha value is -0.500. The molecule has 0 aromatic rings. The molecule has 1 N–H and O–H groups in total. The Morgan fingerprint density at radius 1 is 1.50 bits per heavy atom. The summed E-state index contributed by atoms with van der Waals surface area (Å²) < 4.78 is 0. The molecule has 82 valence electrons. The first kappa shape index (κ1) is 11.6. The summed E-state index contributed by atoms with van der Waals surface area (Å²) >= 11 is 0. The topological polar surface area (TPSA) is 15.3 Å². The smallest absolute Gasteiger partial charge is 0.0287 e. The summed E-state index contributed by atoms with van der Waals surface area (Å²) in [4.78, 5) is 2.49. The zero-order valence-corrected chi connectivity index (χ0v) is 10.0. The fourth-order valence-corrected chi connectivity index (χ4v) is 2.14. The first-order valence-electron chi connectivity index (χ1n) is 5.61. The van der Waals surface area contributed by atoms with Crippen LogP contribution < -0.4 is 5.32 Å². The molecule has 0 amide bonds. The molecule has 2 nitrogen and oxygen atoms in total. The summed E-state index contributed by atoms with van der Waals surface area (Å²) in [6.07, 6.45) is 2.55. The third-order valence-electron chi connectivity index (χ3n) is 2.84. The zero-order valence-electron chi connectivity index (χ0n) is 10.0. The van der Waals surface area contributed by atoms with Gasteiger partial charge in [0.15, 0.2) is 0 Å². The second-order valence-corrected chi connectivity index (χ2v) is 5.08. The average molecular weight is 196 g/mol. The van der Waals surface area contributed by atoms with E-state index in [-0.39, 0.29) is 0 Å². The fraction of sp³-hybridized carbons (Fsp3) is 0.833. The predicted molar refractivity (Wildman–Crippen MR) is 62.2 cm³/mol. The van der Waals surface area contributed by atoms with Gasteiger partial charge in [0.25, 0.3) is 0 Å². The van der Waals surface area contributed by atoms with E-state index < -0.39 is 0 Å². The van der Waals surface area contributed by atoms with Crippen molar-refractivity contribution >= 4 is 0 Å². The standard InChI is InChI=1S/C12H24N2/c1-9(2)8-14(5)12-6-11(7-12)13-10(3)4/h9,11-13H,3,6-8H2,1-2,4-5H3/t11-,12-. The Balaban J connectivity index is 2.17. The molecule has 1 aliphatic rings. The zero-order chi connectivity index (χ0) is 10.7. The Morgan fingerprint density at radius 3 is 2.50 bits per heavy atom. The van der Waals surface area contributed by atoms with E-state index in [1.54, 1.807) is 0 Å². The molecule has 0 radical (unpaired) electrons.